The predicted octanol–water partition coefficient (Wildman–Crippen LogP) is 3.76. The average Bonchev–Trinajstić information content (AvgIpc) is 3.18. The number of aromatic nitrogens is 2. The summed E-state index contributed by atoms with van der Waals surface area (Å²) >= 11 is 3.53. The zero-order valence-corrected chi connectivity index (χ0v) is 13.1. The van der Waals surface area contributed by atoms with Gasteiger partial charge >= 0.3 is 0 Å². The van der Waals surface area contributed by atoms with Crippen molar-refractivity contribution in [2.75, 3.05) is 6.54 Å². The van der Waals surface area contributed by atoms with E-state index in [-0.39, 0.29) is 5.41 Å². The van der Waals surface area contributed by atoms with Crippen LogP contribution in [-0.2, 0) is 5.41 Å². The van der Waals surface area contributed by atoms with Gasteiger partial charge in [-0.3, -0.25) is 0 Å². The molecule has 0 amide bonds. The Morgan fingerprint density at radius 3 is 2.79 bits per heavy atom. The van der Waals surface area contributed by atoms with E-state index in [0.29, 0.717) is 12.6 Å². The molecule has 4 heteroatoms. The summed E-state index contributed by atoms with van der Waals surface area (Å²) in [6, 6.07) is 6.99. The Labute approximate surface area is 122 Å². The van der Waals surface area contributed by atoms with E-state index in [1.54, 1.807) is 0 Å². The predicted molar refractivity (Wildman–Crippen MR) is 82.4 cm³/mol. The Bertz CT molecular complexity index is 609. The Kier molecular flexibility index (Phi) is 3.18. The second-order valence-electron chi connectivity index (χ2n) is 5.79. The van der Waals surface area contributed by atoms with Gasteiger partial charge in [0.1, 0.15) is 5.82 Å². The molecule has 1 aliphatic carbocycles. The van der Waals surface area contributed by atoms with Crippen LogP contribution in [0.2, 0.25) is 0 Å². The lowest BCUT2D eigenvalue weighted by atomic mass is 9.86. The normalized spacial score (nSPS) is 18.7. The van der Waals surface area contributed by atoms with Gasteiger partial charge in [-0.25, -0.2) is 4.98 Å². The van der Waals surface area contributed by atoms with Crippen LogP contribution in [0.4, 0.5) is 0 Å². The molecular weight excluding hydrogens is 302 g/mol. The molecule has 1 aliphatic rings. The molecule has 1 unspecified atom stereocenters. The van der Waals surface area contributed by atoms with Gasteiger partial charge in [0.2, 0.25) is 0 Å². The first-order valence-electron chi connectivity index (χ1n) is 6.97. The maximum atomic E-state index is 6.03. The Balaban J connectivity index is 2.25. The molecular formula is C15H20BrN3. The largest absolute Gasteiger partial charge is 0.329 e. The fraction of sp³-hybridized carbons (Fsp3) is 0.533. The highest BCUT2D eigenvalue weighted by atomic mass is 79.9. The third kappa shape index (κ3) is 2.11. The van der Waals surface area contributed by atoms with E-state index in [0.717, 1.165) is 22.2 Å². The van der Waals surface area contributed by atoms with Crippen molar-refractivity contribution in [1.29, 1.82) is 0 Å². The number of halogens is 1. The summed E-state index contributed by atoms with van der Waals surface area (Å²) in [6.45, 7) is 5.06. The minimum Gasteiger partial charge on any atom is -0.329 e. The number of hydrogen-bond donors (Lipinski definition) is 1. The quantitative estimate of drug-likeness (QED) is 0.931. The first kappa shape index (κ1) is 13.1. The van der Waals surface area contributed by atoms with E-state index in [1.165, 1.54) is 18.4 Å². The number of rotatable bonds is 4. The van der Waals surface area contributed by atoms with Gasteiger partial charge in [0.15, 0.2) is 0 Å². The van der Waals surface area contributed by atoms with Crippen LogP contribution in [0.15, 0.2) is 22.7 Å². The smallest absolute Gasteiger partial charge is 0.117 e. The third-order valence-corrected chi connectivity index (χ3v) is 4.83. The second kappa shape index (κ2) is 4.60. The number of benzene rings is 1. The molecule has 19 heavy (non-hydrogen) atoms. The summed E-state index contributed by atoms with van der Waals surface area (Å²) in [5, 5.41) is 0. The minimum absolute atomic E-state index is 0.0336. The Hall–Kier alpha value is -0.870. The standard InChI is InChI=1S/C15H20BrN3/c1-3-15(2,9-17)14-18-12-8-10(16)4-7-13(12)19(14)11-5-6-11/h4,7-8,11H,3,5-6,9,17H2,1-2H3. The highest BCUT2D eigenvalue weighted by Crippen LogP contribution is 2.42. The molecule has 0 bridgehead atoms. The molecule has 1 saturated carbocycles. The number of hydrogen-bond acceptors (Lipinski definition) is 2. The summed E-state index contributed by atoms with van der Waals surface area (Å²) in [5.41, 5.74) is 8.31. The van der Waals surface area contributed by atoms with Crippen molar-refractivity contribution in [2.45, 2.75) is 44.6 Å². The van der Waals surface area contributed by atoms with Gasteiger partial charge in [-0.15, -0.1) is 0 Å². The first-order valence-corrected chi connectivity index (χ1v) is 7.76. The maximum absolute atomic E-state index is 6.03. The molecule has 2 aromatic rings. The number of fused-ring (bicyclic) bond motifs is 1. The number of nitrogens with two attached hydrogens (primary N) is 1. The van der Waals surface area contributed by atoms with Crippen LogP contribution in [0.25, 0.3) is 11.0 Å². The van der Waals surface area contributed by atoms with Crippen molar-refractivity contribution < 1.29 is 0 Å². The monoisotopic (exact) mass is 321 g/mol. The van der Waals surface area contributed by atoms with E-state index in [4.69, 9.17) is 10.7 Å². The zero-order valence-electron chi connectivity index (χ0n) is 11.5. The molecule has 0 spiro atoms. The first-order chi connectivity index (χ1) is 9.09. The van der Waals surface area contributed by atoms with Crippen LogP contribution in [0.5, 0.6) is 0 Å². The van der Waals surface area contributed by atoms with Gasteiger partial charge in [-0.1, -0.05) is 29.8 Å². The lowest BCUT2D eigenvalue weighted by Crippen LogP contribution is -2.34. The minimum atomic E-state index is -0.0336. The van der Waals surface area contributed by atoms with Crippen molar-refractivity contribution in [2.24, 2.45) is 5.73 Å². The van der Waals surface area contributed by atoms with E-state index in [9.17, 15) is 0 Å². The second-order valence-corrected chi connectivity index (χ2v) is 6.70. The van der Waals surface area contributed by atoms with Crippen LogP contribution < -0.4 is 5.73 Å². The fourth-order valence-electron chi connectivity index (χ4n) is 2.59. The Morgan fingerprint density at radius 2 is 2.21 bits per heavy atom. The zero-order chi connectivity index (χ0) is 13.6. The lowest BCUT2D eigenvalue weighted by Gasteiger charge is -2.26. The highest BCUT2D eigenvalue weighted by molar-refractivity contribution is 9.10. The van der Waals surface area contributed by atoms with E-state index >= 15 is 0 Å². The Morgan fingerprint density at radius 1 is 1.47 bits per heavy atom. The molecule has 0 saturated heterocycles. The molecule has 1 fully saturated rings. The SMILES string of the molecule is CCC(C)(CN)c1nc2cc(Br)ccc2n1C1CC1. The topological polar surface area (TPSA) is 43.8 Å². The van der Waals surface area contributed by atoms with Gasteiger partial charge in [0.05, 0.1) is 11.0 Å². The van der Waals surface area contributed by atoms with E-state index in [1.807, 2.05) is 0 Å². The number of nitrogens with zero attached hydrogens (tertiary/aromatic N) is 2. The van der Waals surface area contributed by atoms with E-state index < -0.39 is 0 Å². The number of imidazole rings is 1. The summed E-state index contributed by atoms with van der Waals surface area (Å²) in [5.74, 6) is 1.16. The van der Waals surface area contributed by atoms with Gasteiger partial charge in [-0.2, -0.15) is 0 Å². The lowest BCUT2D eigenvalue weighted by molar-refractivity contribution is 0.418. The molecule has 2 N–H and O–H groups in total. The molecule has 1 heterocycles. The van der Waals surface area contributed by atoms with Crippen LogP contribution in [0.3, 0.4) is 0 Å². The average molecular weight is 322 g/mol. The summed E-state index contributed by atoms with van der Waals surface area (Å²) in [4.78, 5) is 4.90. The van der Waals surface area contributed by atoms with Crippen LogP contribution >= 0.6 is 15.9 Å². The molecule has 0 aliphatic heterocycles. The maximum Gasteiger partial charge on any atom is 0.117 e. The highest BCUT2D eigenvalue weighted by Gasteiger charge is 2.35. The summed E-state index contributed by atoms with van der Waals surface area (Å²) < 4.78 is 3.51. The van der Waals surface area contributed by atoms with E-state index in [2.05, 4.69) is 52.5 Å². The van der Waals surface area contributed by atoms with Gasteiger partial charge < -0.3 is 10.3 Å². The van der Waals surface area contributed by atoms with Crippen molar-refractivity contribution >= 4 is 27.0 Å². The van der Waals surface area contributed by atoms with Crippen molar-refractivity contribution in [3.63, 3.8) is 0 Å². The molecule has 1 atom stereocenters. The van der Waals surface area contributed by atoms with Gasteiger partial charge in [0.25, 0.3) is 0 Å². The fourth-order valence-corrected chi connectivity index (χ4v) is 2.94. The van der Waals surface area contributed by atoms with Crippen LogP contribution in [-0.4, -0.2) is 16.1 Å². The molecule has 3 nitrogen and oxygen atoms in total. The van der Waals surface area contributed by atoms with Crippen molar-refractivity contribution in [1.82, 2.24) is 9.55 Å². The molecule has 0 radical (unpaired) electrons. The van der Waals surface area contributed by atoms with Gasteiger partial charge in [-0.05, 0) is 37.5 Å². The van der Waals surface area contributed by atoms with Crippen LogP contribution in [0.1, 0.15) is 45.0 Å². The third-order valence-electron chi connectivity index (χ3n) is 4.33. The summed E-state index contributed by atoms with van der Waals surface area (Å²) in [6.07, 6.45) is 3.54. The molecule has 1 aromatic carbocycles. The van der Waals surface area contributed by atoms with Gasteiger partial charge in [0, 0.05) is 22.5 Å². The van der Waals surface area contributed by atoms with Crippen LogP contribution in [0, 0.1) is 0 Å². The van der Waals surface area contributed by atoms with Crippen molar-refractivity contribution in [3.8, 4) is 0 Å². The summed E-state index contributed by atoms with van der Waals surface area (Å²) in [7, 11) is 0. The molecule has 1 aromatic heterocycles. The van der Waals surface area contributed by atoms with Crippen molar-refractivity contribution in [3.05, 3.63) is 28.5 Å². The molecule has 3 rings (SSSR count). The molecule has 102 valence electrons.